The minimum Gasteiger partial charge on any atom is -0.391 e. The van der Waals surface area contributed by atoms with Gasteiger partial charge in [-0.3, -0.25) is 0 Å². The Morgan fingerprint density at radius 1 is 1.44 bits per heavy atom. The average molecular weight is 154 g/mol. The van der Waals surface area contributed by atoms with Gasteiger partial charge in [-0.05, 0) is 5.41 Å². The van der Waals surface area contributed by atoms with Crippen molar-refractivity contribution in [3.63, 3.8) is 0 Å². The maximum Gasteiger partial charge on any atom is 0.0710 e. The van der Waals surface area contributed by atoms with Crippen LogP contribution in [-0.4, -0.2) is 17.8 Å². The molecular formula is C6H16ClNO. The predicted molar refractivity (Wildman–Crippen MR) is 41.8 cm³/mol. The molecule has 0 heterocycles. The predicted octanol–water partition coefficient (Wildman–Crippen LogP) is 0.774. The highest BCUT2D eigenvalue weighted by Gasteiger charge is 2.19. The lowest BCUT2D eigenvalue weighted by Gasteiger charge is -2.23. The first-order chi connectivity index (χ1) is 3.48. The number of nitrogens with two attached hydrogens (primary N) is 1. The van der Waals surface area contributed by atoms with E-state index >= 15 is 0 Å². The van der Waals surface area contributed by atoms with E-state index in [1.165, 1.54) is 0 Å². The molecule has 1 atom stereocenters. The van der Waals surface area contributed by atoms with E-state index in [0.29, 0.717) is 6.54 Å². The van der Waals surface area contributed by atoms with Crippen LogP contribution in [0.3, 0.4) is 0 Å². The van der Waals surface area contributed by atoms with Crippen LogP contribution in [0.1, 0.15) is 20.8 Å². The molecule has 9 heavy (non-hydrogen) atoms. The van der Waals surface area contributed by atoms with Crippen LogP contribution in [0.4, 0.5) is 0 Å². The molecule has 0 rings (SSSR count). The molecular weight excluding hydrogens is 138 g/mol. The lowest BCUT2D eigenvalue weighted by molar-refractivity contribution is 0.0709. The summed E-state index contributed by atoms with van der Waals surface area (Å²) in [5.41, 5.74) is 5.15. The number of aliphatic hydroxyl groups excluding tert-OH is 1. The maximum atomic E-state index is 9.07. The Kier molecular flexibility index (Phi) is 5.43. The molecule has 0 aromatic heterocycles. The summed E-state index contributed by atoms with van der Waals surface area (Å²) in [5, 5.41) is 9.07. The summed E-state index contributed by atoms with van der Waals surface area (Å²) in [4.78, 5) is 0. The van der Waals surface area contributed by atoms with Crippen LogP contribution in [0.2, 0.25) is 0 Å². The first-order valence-corrected chi connectivity index (χ1v) is 2.86. The molecule has 0 aliphatic rings. The smallest absolute Gasteiger partial charge is 0.0710 e. The van der Waals surface area contributed by atoms with E-state index in [0.717, 1.165) is 0 Å². The van der Waals surface area contributed by atoms with E-state index in [9.17, 15) is 0 Å². The molecule has 0 unspecified atom stereocenters. The van der Waals surface area contributed by atoms with Crippen LogP contribution in [0, 0.1) is 5.41 Å². The quantitative estimate of drug-likeness (QED) is 0.585. The molecule has 2 nitrogen and oxygen atoms in total. The molecule has 0 aliphatic heterocycles. The molecule has 0 fully saturated rings. The van der Waals surface area contributed by atoms with Gasteiger partial charge in [0.15, 0.2) is 0 Å². The zero-order valence-corrected chi connectivity index (χ0v) is 7.03. The second-order valence-corrected chi connectivity index (χ2v) is 3.12. The maximum absolute atomic E-state index is 9.07. The van der Waals surface area contributed by atoms with Gasteiger partial charge in [-0.2, -0.15) is 0 Å². The van der Waals surface area contributed by atoms with Gasteiger partial charge < -0.3 is 10.8 Å². The van der Waals surface area contributed by atoms with E-state index in [1.807, 2.05) is 20.8 Å². The van der Waals surface area contributed by atoms with E-state index in [4.69, 9.17) is 10.8 Å². The number of aliphatic hydroxyl groups is 1. The van der Waals surface area contributed by atoms with Crippen LogP contribution in [0.25, 0.3) is 0 Å². The highest BCUT2D eigenvalue weighted by Crippen LogP contribution is 2.17. The second kappa shape index (κ2) is 4.09. The van der Waals surface area contributed by atoms with Gasteiger partial charge in [-0.15, -0.1) is 12.4 Å². The van der Waals surface area contributed by atoms with Gasteiger partial charge >= 0.3 is 0 Å². The van der Waals surface area contributed by atoms with Crippen molar-refractivity contribution < 1.29 is 5.11 Å². The van der Waals surface area contributed by atoms with Crippen LogP contribution in [-0.2, 0) is 0 Å². The minimum atomic E-state index is -0.373. The molecule has 0 saturated carbocycles. The Balaban J connectivity index is 0. The van der Waals surface area contributed by atoms with E-state index in [1.54, 1.807) is 0 Å². The fourth-order valence-corrected chi connectivity index (χ4v) is 0.354. The van der Waals surface area contributed by atoms with Crippen LogP contribution < -0.4 is 5.73 Å². The number of halogens is 1. The summed E-state index contributed by atoms with van der Waals surface area (Å²) >= 11 is 0. The summed E-state index contributed by atoms with van der Waals surface area (Å²) in [7, 11) is 0. The van der Waals surface area contributed by atoms with Gasteiger partial charge in [-0.25, -0.2) is 0 Å². The molecule has 0 aliphatic carbocycles. The van der Waals surface area contributed by atoms with Gasteiger partial charge in [0.25, 0.3) is 0 Å². The number of hydrogen-bond donors (Lipinski definition) is 2. The third-order valence-corrected chi connectivity index (χ3v) is 1.22. The molecule has 58 valence electrons. The SMILES string of the molecule is CC(C)(C)[C@@H](O)CN.Cl. The molecule has 0 aromatic rings. The van der Waals surface area contributed by atoms with Gasteiger partial charge in [0, 0.05) is 6.54 Å². The first-order valence-electron chi connectivity index (χ1n) is 2.86. The Labute approximate surface area is 62.9 Å². The van der Waals surface area contributed by atoms with Crippen molar-refractivity contribution in [1.29, 1.82) is 0 Å². The molecule has 0 bridgehead atoms. The number of hydrogen-bond acceptors (Lipinski definition) is 2. The zero-order valence-electron chi connectivity index (χ0n) is 6.22. The molecule has 3 heteroatoms. The summed E-state index contributed by atoms with van der Waals surface area (Å²) < 4.78 is 0. The zero-order chi connectivity index (χ0) is 6.78. The van der Waals surface area contributed by atoms with Gasteiger partial charge in [-0.1, -0.05) is 20.8 Å². The highest BCUT2D eigenvalue weighted by atomic mass is 35.5. The van der Waals surface area contributed by atoms with Crippen LogP contribution in [0.15, 0.2) is 0 Å². The Morgan fingerprint density at radius 3 is 1.78 bits per heavy atom. The fourth-order valence-electron chi connectivity index (χ4n) is 0.354. The van der Waals surface area contributed by atoms with Crippen molar-refractivity contribution in [2.24, 2.45) is 11.1 Å². The Morgan fingerprint density at radius 2 is 1.78 bits per heavy atom. The number of rotatable bonds is 1. The standard InChI is InChI=1S/C6H15NO.ClH/c1-6(2,3)5(8)4-7;/h5,8H,4,7H2,1-3H3;1H/t5-;/m0./s1. The summed E-state index contributed by atoms with van der Waals surface area (Å²) in [6.45, 7) is 6.24. The monoisotopic (exact) mass is 153 g/mol. The lowest BCUT2D eigenvalue weighted by atomic mass is 9.89. The average Bonchev–Trinajstić information content (AvgIpc) is 1.62. The fraction of sp³-hybridized carbons (Fsp3) is 1.00. The summed E-state index contributed by atoms with van der Waals surface area (Å²) in [6.07, 6.45) is -0.373. The Bertz CT molecular complexity index is 69.9. The van der Waals surface area contributed by atoms with Gasteiger partial charge in [0.2, 0.25) is 0 Å². The van der Waals surface area contributed by atoms with E-state index in [-0.39, 0.29) is 23.9 Å². The molecule has 0 spiro atoms. The third-order valence-electron chi connectivity index (χ3n) is 1.22. The van der Waals surface area contributed by atoms with Gasteiger partial charge in [0.05, 0.1) is 6.10 Å². The van der Waals surface area contributed by atoms with Gasteiger partial charge in [0.1, 0.15) is 0 Å². The molecule has 0 amide bonds. The van der Waals surface area contributed by atoms with Crippen molar-refractivity contribution in [1.82, 2.24) is 0 Å². The summed E-state index contributed by atoms with van der Waals surface area (Å²) in [6, 6.07) is 0. The van der Waals surface area contributed by atoms with Crippen molar-refractivity contribution >= 4 is 12.4 Å². The molecule has 0 saturated heterocycles. The largest absolute Gasteiger partial charge is 0.391 e. The third kappa shape index (κ3) is 4.70. The molecule has 0 radical (unpaired) electrons. The van der Waals surface area contributed by atoms with Crippen LogP contribution >= 0.6 is 12.4 Å². The second-order valence-electron chi connectivity index (χ2n) is 3.12. The topological polar surface area (TPSA) is 46.2 Å². The first kappa shape index (κ1) is 11.9. The molecule has 0 aromatic carbocycles. The van der Waals surface area contributed by atoms with E-state index < -0.39 is 0 Å². The van der Waals surface area contributed by atoms with Crippen molar-refractivity contribution in [2.45, 2.75) is 26.9 Å². The lowest BCUT2D eigenvalue weighted by Crippen LogP contribution is -2.33. The normalized spacial score (nSPS) is 14.3. The van der Waals surface area contributed by atoms with Crippen LogP contribution in [0.5, 0.6) is 0 Å². The highest BCUT2D eigenvalue weighted by molar-refractivity contribution is 5.85. The minimum absolute atomic E-state index is 0. The summed E-state index contributed by atoms with van der Waals surface area (Å²) in [5.74, 6) is 0. The molecule has 3 N–H and O–H groups in total. The van der Waals surface area contributed by atoms with Crippen molar-refractivity contribution in [2.75, 3.05) is 6.54 Å². The Hall–Kier alpha value is 0.210. The van der Waals surface area contributed by atoms with Crippen molar-refractivity contribution in [3.8, 4) is 0 Å². The van der Waals surface area contributed by atoms with E-state index in [2.05, 4.69) is 0 Å². The van der Waals surface area contributed by atoms with Crippen molar-refractivity contribution in [3.05, 3.63) is 0 Å².